The fourth-order valence-electron chi connectivity index (χ4n) is 4.17. The number of hydrogen-bond acceptors (Lipinski definition) is 4. The van der Waals surface area contributed by atoms with Crippen molar-refractivity contribution in [3.8, 4) is 0 Å². The quantitative estimate of drug-likeness (QED) is 0.576. The van der Waals surface area contributed by atoms with Crippen molar-refractivity contribution in [2.75, 3.05) is 0 Å². The Morgan fingerprint density at radius 1 is 1.10 bits per heavy atom. The Morgan fingerprint density at radius 2 is 1.85 bits per heavy atom. The van der Waals surface area contributed by atoms with Gasteiger partial charge in [-0.2, -0.15) is 0 Å². The van der Waals surface area contributed by atoms with Crippen LogP contribution in [0.3, 0.4) is 0 Å². The van der Waals surface area contributed by atoms with Crippen molar-refractivity contribution in [3.63, 3.8) is 0 Å². The fourth-order valence-corrected chi connectivity index (χ4v) is 4.17. The lowest BCUT2D eigenvalue weighted by Gasteiger charge is -2.40. The van der Waals surface area contributed by atoms with E-state index in [-0.39, 0.29) is 29.0 Å². The monoisotopic (exact) mass is 280 g/mol. The number of epoxide rings is 2. The summed E-state index contributed by atoms with van der Waals surface area (Å²) in [6.45, 7) is 6.25. The third kappa shape index (κ3) is 1.92. The van der Waals surface area contributed by atoms with Gasteiger partial charge in [-0.15, -0.1) is 0 Å². The van der Waals surface area contributed by atoms with Crippen molar-refractivity contribution in [1.82, 2.24) is 0 Å². The first-order valence-electron chi connectivity index (χ1n) is 7.96. The minimum atomic E-state index is -0.387. The van der Waals surface area contributed by atoms with Gasteiger partial charge in [-0.1, -0.05) is 6.92 Å². The zero-order valence-corrected chi connectivity index (χ0v) is 12.6. The van der Waals surface area contributed by atoms with Crippen LogP contribution in [0.1, 0.15) is 52.9 Å². The van der Waals surface area contributed by atoms with Gasteiger partial charge in [-0.25, -0.2) is 0 Å². The lowest BCUT2D eigenvalue weighted by Crippen LogP contribution is -2.47. The molecule has 4 rings (SSSR count). The second-order valence-electron chi connectivity index (χ2n) is 7.68. The van der Waals surface area contributed by atoms with Crippen LogP contribution < -0.4 is 0 Å². The molecule has 0 radical (unpaired) electrons. The van der Waals surface area contributed by atoms with Crippen LogP contribution in [0.4, 0.5) is 0 Å². The molecule has 4 fully saturated rings. The van der Waals surface area contributed by atoms with Crippen LogP contribution in [0.2, 0.25) is 0 Å². The van der Waals surface area contributed by atoms with Crippen LogP contribution in [0.15, 0.2) is 0 Å². The summed E-state index contributed by atoms with van der Waals surface area (Å²) < 4.78 is 17.2. The summed E-state index contributed by atoms with van der Waals surface area (Å²) in [6, 6.07) is 0. The second kappa shape index (κ2) is 3.98. The lowest BCUT2D eigenvalue weighted by molar-refractivity contribution is -0.177. The van der Waals surface area contributed by atoms with Gasteiger partial charge in [0.1, 0.15) is 5.60 Å². The summed E-state index contributed by atoms with van der Waals surface area (Å²) >= 11 is 0. The molecule has 4 heteroatoms. The Bertz CT molecular complexity index is 450. The highest BCUT2D eigenvalue weighted by Gasteiger charge is 2.59. The molecule has 2 saturated carbocycles. The highest BCUT2D eigenvalue weighted by atomic mass is 16.6. The number of fused-ring (bicyclic) bond motifs is 2. The van der Waals surface area contributed by atoms with E-state index in [0.29, 0.717) is 18.3 Å². The first-order valence-corrected chi connectivity index (χ1v) is 7.96. The summed E-state index contributed by atoms with van der Waals surface area (Å²) in [5, 5.41) is 0. The van der Waals surface area contributed by atoms with Gasteiger partial charge in [0.25, 0.3) is 0 Å². The van der Waals surface area contributed by atoms with Gasteiger partial charge >= 0.3 is 5.97 Å². The van der Waals surface area contributed by atoms with Crippen molar-refractivity contribution < 1.29 is 19.0 Å². The van der Waals surface area contributed by atoms with E-state index in [1.54, 1.807) is 0 Å². The smallest absolute Gasteiger partial charge is 0.312 e. The molecule has 112 valence electrons. The standard InChI is InChI=1S/C16H24O4/c1-9-13-11(19-13)5-7-16(9,3)14(17)20-15(2)6-4-10-12(8-15)18-10/h9-13H,4-8H2,1-3H3. The zero-order chi connectivity index (χ0) is 14.1. The third-order valence-electron chi connectivity index (χ3n) is 6.15. The summed E-state index contributed by atoms with van der Waals surface area (Å²) in [6.07, 6.45) is 6.12. The summed E-state index contributed by atoms with van der Waals surface area (Å²) in [7, 11) is 0. The maximum Gasteiger partial charge on any atom is 0.312 e. The molecule has 20 heavy (non-hydrogen) atoms. The second-order valence-corrected chi connectivity index (χ2v) is 7.68. The zero-order valence-electron chi connectivity index (χ0n) is 12.6. The van der Waals surface area contributed by atoms with Gasteiger partial charge in [-0.3, -0.25) is 4.79 Å². The Kier molecular flexibility index (Phi) is 2.60. The molecule has 2 saturated heterocycles. The highest BCUT2D eigenvalue weighted by Crippen LogP contribution is 2.52. The number of carbonyl (C=O) groups excluding carboxylic acids is 1. The van der Waals surface area contributed by atoms with Gasteiger partial charge in [0.15, 0.2) is 0 Å². The Morgan fingerprint density at radius 3 is 2.60 bits per heavy atom. The number of hydrogen-bond donors (Lipinski definition) is 0. The fraction of sp³-hybridized carbons (Fsp3) is 0.938. The summed E-state index contributed by atoms with van der Waals surface area (Å²) in [5.41, 5.74) is -0.722. The molecule has 0 bridgehead atoms. The van der Waals surface area contributed by atoms with Gasteiger partial charge in [0, 0.05) is 12.3 Å². The number of rotatable bonds is 2. The largest absolute Gasteiger partial charge is 0.459 e. The molecule has 4 aliphatic rings. The number of esters is 1. The van der Waals surface area contributed by atoms with E-state index in [1.807, 2.05) is 0 Å². The molecule has 0 amide bonds. The predicted molar refractivity (Wildman–Crippen MR) is 72.2 cm³/mol. The third-order valence-corrected chi connectivity index (χ3v) is 6.15. The maximum absolute atomic E-state index is 12.8. The van der Waals surface area contributed by atoms with Crippen LogP contribution in [0.5, 0.6) is 0 Å². The molecule has 2 aliphatic carbocycles. The molecule has 7 atom stereocenters. The summed E-state index contributed by atoms with van der Waals surface area (Å²) in [4.78, 5) is 12.8. The molecular formula is C16H24O4. The van der Waals surface area contributed by atoms with Gasteiger partial charge in [0.05, 0.1) is 29.8 Å². The van der Waals surface area contributed by atoms with Crippen LogP contribution in [-0.2, 0) is 19.0 Å². The van der Waals surface area contributed by atoms with Gasteiger partial charge in [0.2, 0.25) is 0 Å². The SMILES string of the molecule is CC1C2OC2CCC1(C)C(=O)OC1(C)CCC2OC2C1. The lowest BCUT2D eigenvalue weighted by atomic mass is 9.68. The molecule has 0 aromatic rings. The van der Waals surface area contributed by atoms with E-state index in [9.17, 15) is 4.79 Å². The van der Waals surface area contributed by atoms with E-state index < -0.39 is 0 Å². The molecule has 2 heterocycles. The Labute approximate surface area is 120 Å². The highest BCUT2D eigenvalue weighted by molar-refractivity contribution is 5.77. The Balaban J connectivity index is 1.46. The van der Waals surface area contributed by atoms with E-state index >= 15 is 0 Å². The van der Waals surface area contributed by atoms with E-state index in [4.69, 9.17) is 14.2 Å². The van der Waals surface area contributed by atoms with E-state index in [0.717, 1.165) is 32.1 Å². The van der Waals surface area contributed by atoms with E-state index in [2.05, 4.69) is 20.8 Å². The molecule has 0 aromatic carbocycles. The van der Waals surface area contributed by atoms with Crippen LogP contribution in [0, 0.1) is 11.3 Å². The van der Waals surface area contributed by atoms with Crippen LogP contribution >= 0.6 is 0 Å². The van der Waals surface area contributed by atoms with Crippen LogP contribution in [-0.4, -0.2) is 36.0 Å². The molecule has 0 aromatic heterocycles. The molecule has 2 aliphatic heterocycles. The van der Waals surface area contributed by atoms with Gasteiger partial charge < -0.3 is 14.2 Å². The molecule has 4 nitrogen and oxygen atoms in total. The van der Waals surface area contributed by atoms with Crippen molar-refractivity contribution in [1.29, 1.82) is 0 Å². The topological polar surface area (TPSA) is 51.4 Å². The minimum Gasteiger partial charge on any atom is -0.459 e. The first kappa shape index (κ1) is 13.1. The molecule has 0 spiro atoms. The first-order chi connectivity index (χ1) is 9.41. The number of carbonyl (C=O) groups is 1. The minimum absolute atomic E-state index is 0.0273. The molecule has 0 N–H and O–H groups in total. The van der Waals surface area contributed by atoms with Crippen molar-refractivity contribution in [2.24, 2.45) is 11.3 Å². The van der Waals surface area contributed by atoms with E-state index in [1.165, 1.54) is 0 Å². The molecular weight excluding hydrogens is 256 g/mol. The summed E-state index contributed by atoms with van der Waals surface area (Å²) in [5.74, 6) is 0.228. The Hall–Kier alpha value is -0.610. The van der Waals surface area contributed by atoms with Crippen molar-refractivity contribution >= 4 is 5.97 Å². The predicted octanol–water partition coefficient (Wildman–Crippen LogP) is 2.44. The maximum atomic E-state index is 12.8. The van der Waals surface area contributed by atoms with Crippen LogP contribution in [0.25, 0.3) is 0 Å². The average molecular weight is 280 g/mol. The van der Waals surface area contributed by atoms with Crippen molar-refractivity contribution in [2.45, 2.75) is 82.9 Å². The number of ether oxygens (including phenoxy) is 3. The molecule has 7 unspecified atom stereocenters. The average Bonchev–Trinajstić information content (AvgIpc) is 3.26. The van der Waals surface area contributed by atoms with Crippen molar-refractivity contribution in [3.05, 3.63) is 0 Å². The van der Waals surface area contributed by atoms with Gasteiger partial charge in [-0.05, 0) is 39.5 Å². The normalized spacial score (nSPS) is 56.5.